The van der Waals surface area contributed by atoms with E-state index in [1.54, 1.807) is 6.08 Å². The highest BCUT2D eigenvalue weighted by Gasteiger charge is 2.39. The molecule has 1 saturated carbocycles. The van der Waals surface area contributed by atoms with Gasteiger partial charge in [-0.05, 0) is 49.5 Å². The molecule has 1 aliphatic rings. The van der Waals surface area contributed by atoms with E-state index in [0.717, 1.165) is 12.1 Å². The van der Waals surface area contributed by atoms with E-state index in [4.69, 9.17) is 27.4 Å². The second kappa shape index (κ2) is 16.5. The van der Waals surface area contributed by atoms with Crippen molar-refractivity contribution in [1.29, 1.82) is 0 Å². The fraction of sp³-hybridized carbons (Fsp3) is 0.484. The average molecular weight is 577 g/mol. The molecule has 7 nitrogen and oxygen atoms in total. The van der Waals surface area contributed by atoms with Crippen LogP contribution in [0.25, 0.3) is 0 Å². The lowest BCUT2D eigenvalue weighted by molar-refractivity contribution is -0.152. The largest absolute Gasteiger partial charge is 0.489 e. The lowest BCUT2D eigenvalue weighted by Gasteiger charge is -2.22. The van der Waals surface area contributed by atoms with Crippen LogP contribution in [-0.4, -0.2) is 52.2 Å². The Morgan fingerprint density at radius 2 is 1.83 bits per heavy atom. The number of carbonyl (C=O) groups is 2. The molecule has 1 aromatic rings. The van der Waals surface area contributed by atoms with Crippen molar-refractivity contribution >= 4 is 11.9 Å². The topological polar surface area (TPSA) is 113 Å². The molecule has 0 unspecified atom stereocenters. The van der Waals surface area contributed by atoms with Crippen LogP contribution in [0.4, 0.5) is 13.2 Å². The van der Waals surface area contributed by atoms with Gasteiger partial charge < -0.3 is 24.8 Å². The number of aliphatic carboxylic acids is 1. The fourth-order valence-corrected chi connectivity index (χ4v) is 4.54. The van der Waals surface area contributed by atoms with Gasteiger partial charge in [-0.1, -0.05) is 24.3 Å². The van der Waals surface area contributed by atoms with Crippen molar-refractivity contribution in [3.8, 4) is 30.4 Å². The average Bonchev–Trinajstić information content (AvgIpc) is 3.18. The number of unbranched alkanes of at least 4 members (excludes halogenated alkanes) is 1. The highest BCUT2D eigenvalue weighted by atomic mass is 19.4. The third kappa shape index (κ3) is 11.3. The molecule has 0 heterocycles. The molecule has 222 valence electrons. The molecule has 3 N–H and O–H groups in total. The van der Waals surface area contributed by atoms with Gasteiger partial charge in [0.25, 0.3) is 0 Å². The second-order valence-electron chi connectivity index (χ2n) is 9.81. The Morgan fingerprint density at radius 3 is 2.46 bits per heavy atom. The number of hydrogen-bond donors (Lipinski definition) is 3. The lowest BCUT2D eigenvalue weighted by Crippen LogP contribution is -2.28. The van der Waals surface area contributed by atoms with Crippen LogP contribution in [0.1, 0.15) is 50.5 Å². The Labute approximate surface area is 238 Å². The first-order valence-electron chi connectivity index (χ1n) is 13.2. The van der Waals surface area contributed by atoms with Gasteiger partial charge in [-0.25, -0.2) is 0 Å². The van der Waals surface area contributed by atoms with E-state index < -0.39 is 53.8 Å². The molecule has 0 saturated heterocycles. The maximum absolute atomic E-state index is 13.1. The molecule has 1 aromatic carbocycles. The van der Waals surface area contributed by atoms with E-state index in [-0.39, 0.29) is 44.0 Å². The summed E-state index contributed by atoms with van der Waals surface area (Å²) in [6, 6.07) is 4.27. The van der Waals surface area contributed by atoms with Crippen LogP contribution in [-0.2, 0) is 20.5 Å². The summed E-state index contributed by atoms with van der Waals surface area (Å²) in [5.74, 6) is 1.40. The zero-order valence-electron chi connectivity index (χ0n) is 22.5. The number of aliphatic hydroxyl groups excluding tert-OH is 2. The van der Waals surface area contributed by atoms with E-state index in [9.17, 15) is 33.0 Å². The van der Waals surface area contributed by atoms with Gasteiger partial charge in [0, 0.05) is 31.6 Å². The Morgan fingerprint density at radius 1 is 1.12 bits per heavy atom. The standard InChI is InChI=1S/C31H35F3O7/c1-3-10-21(11-4-2)30(39)41-24(20-40-23-13-9-12-22(18-23)31(32,33)34)16-17-26-25(27(35)19-28(26)36)14-7-5-6-8-15-29(37)38/h1-2,5,7,9,12-13,16-18,21,24-28,35-36H,6,8,10-11,14-15,19-20H2,(H,37,38)/b7-5?,17-16+/t24-,25-,26-,27+,28-/m1/s1. The Bertz CT molecular complexity index is 1130. The summed E-state index contributed by atoms with van der Waals surface area (Å²) in [5, 5.41) is 29.8. The highest BCUT2D eigenvalue weighted by Crippen LogP contribution is 2.36. The molecule has 1 fully saturated rings. The normalized spacial score (nSPS) is 21.6. The van der Waals surface area contributed by atoms with E-state index in [1.165, 1.54) is 18.2 Å². The van der Waals surface area contributed by atoms with Gasteiger partial charge in [0.05, 0.1) is 23.7 Å². The minimum atomic E-state index is -4.57. The molecule has 2 rings (SSSR count). The van der Waals surface area contributed by atoms with Crippen LogP contribution in [0.3, 0.4) is 0 Å². The number of carboxylic acids is 1. The zero-order chi connectivity index (χ0) is 30.4. The minimum Gasteiger partial charge on any atom is -0.489 e. The Balaban J connectivity index is 2.19. The number of benzene rings is 1. The fourth-order valence-electron chi connectivity index (χ4n) is 4.54. The highest BCUT2D eigenvalue weighted by molar-refractivity contribution is 5.73. The van der Waals surface area contributed by atoms with Gasteiger partial charge in [0.2, 0.25) is 0 Å². The molecule has 0 bridgehead atoms. The van der Waals surface area contributed by atoms with Gasteiger partial charge in [-0.2, -0.15) is 13.2 Å². The van der Waals surface area contributed by atoms with Crippen LogP contribution < -0.4 is 4.74 Å². The molecule has 0 aliphatic heterocycles. The zero-order valence-corrected chi connectivity index (χ0v) is 22.5. The number of ether oxygens (including phenoxy) is 2. The number of esters is 1. The van der Waals surface area contributed by atoms with Crippen molar-refractivity contribution in [2.24, 2.45) is 17.8 Å². The third-order valence-corrected chi connectivity index (χ3v) is 6.71. The van der Waals surface area contributed by atoms with Crippen LogP contribution in [0.2, 0.25) is 0 Å². The molecule has 0 amide bonds. The molecule has 41 heavy (non-hydrogen) atoms. The number of rotatable bonds is 15. The molecule has 10 heteroatoms. The van der Waals surface area contributed by atoms with Crippen LogP contribution in [0, 0.1) is 42.4 Å². The van der Waals surface area contributed by atoms with E-state index in [2.05, 4.69) is 11.8 Å². The van der Waals surface area contributed by atoms with Crippen molar-refractivity contribution in [3.05, 3.63) is 54.1 Å². The number of allylic oxidation sites excluding steroid dienone is 2. The summed E-state index contributed by atoms with van der Waals surface area (Å²) in [6.45, 7) is -0.331. The van der Waals surface area contributed by atoms with Crippen molar-refractivity contribution in [1.82, 2.24) is 0 Å². The van der Waals surface area contributed by atoms with E-state index >= 15 is 0 Å². The first-order chi connectivity index (χ1) is 19.5. The van der Waals surface area contributed by atoms with Crippen LogP contribution in [0.15, 0.2) is 48.6 Å². The van der Waals surface area contributed by atoms with Gasteiger partial charge >= 0.3 is 18.1 Å². The van der Waals surface area contributed by atoms with E-state index in [1.807, 2.05) is 12.2 Å². The van der Waals surface area contributed by atoms with Gasteiger partial charge in [-0.15, -0.1) is 24.7 Å². The number of aliphatic hydroxyl groups is 2. The molecule has 5 atom stereocenters. The van der Waals surface area contributed by atoms with Gasteiger partial charge in [0.15, 0.2) is 6.10 Å². The Kier molecular flexibility index (Phi) is 13.5. The monoisotopic (exact) mass is 576 g/mol. The number of halogens is 3. The lowest BCUT2D eigenvalue weighted by atomic mass is 9.89. The number of hydrogen-bond acceptors (Lipinski definition) is 6. The summed E-state index contributed by atoms with van der Waals surface area (Å²) < 4.78 is 50.4. The minimum absolute atomic E-state index is 0.0301. The van der Waals surface area contributed by atoms with E-state index in [0.29, 0.717) is 19.3 Å². The second-order valence-corrected chi connectivity index (χ2v) is 9.81. The summed E-state index contributed by atoms with van der Waals surface area (Å²) in [5.41, 5.74) is -0.899. The third-order valence-electron chi connectivity index (χ3n) is 6.71. The van der Waals surface area contributed by atoms with Crippen LogP contribution >= 0.6 is 0 Å². The predicted octanol–water partition coefficient (Wildman–Crippen LogP) is 4.77. The summed E-state index contributed by atoms with van der Waals surface area (Å²) in [6.07, 6.45) is 11.8. The van der Waals surface area contributed by atoms with Crippen LogP contribution in [0.5, 0.6) is 5.75 Å². The SMILES string of the molecule is C#CCC(CC#C)C(=O)O[C@H](/C=C/[C@@H]1[C@@H](CC=CCCCC(=O)O)[C@@H](O)C[C@H]1O)COc1cccc(C(F)(F)F)c1. The molecular formula is C31H35F3O7. The van der Waals surface area contributed by atoms with Crippen molar-refractivity contribution in [2.45, 2.75) is 69.4 Å². The van der Waals surface area contributed by atoms with Crippen molar-refractivity contribution in [2.75, 3.05) is 6.61 Å². The quantitative estimate of drug-likeness (QED) is 0.119. The van der Waals surface area contributed by atoms with Gasteiger partial charge in [-0.3, -0.25) is 9.59 Å². The number of terminal acetylenes is 2. The van der Waals surface area contributed by atoms with Crippen molar-refractivity contribution < 1.29 is 47.6 Å². The Hall–Kier alpha value is -3.73. The maximum atomic E-state index is 13.1. The maximum Gasteiger partial charge on any atom is 0.416 e. The summed E-state index contributed by atoms with van der Waals surface area (Å²) >= 11 is 0. The summed E-state index contributed by atoms with van der Waals surface area (Å²) in [4.78, 5) is 23.4. The summed E-state index contributed by atoms with van der Waals surface area (Å²) in [7, 11) is 0. The molecule has 0 aromatic heterocycles. The molecule has 0 radical (unpaired) electrons. The molecular weight excluding hydrogens is 541 g/mol. The first kappa shape index (κ1) is 33.5. The number of alkyl halides is 3. The molecule has 0 spiro atoms. The molecule has 1 aliphatic carbocycles. The predicted molar refractivity (Wildman–Crippen MR) is 145 cm³/mol. The first-order valence-corrected chi connectivity index (χ1v) is 13.2. The van der Waals surface area contributed by atoms with Gasteiger partial charge in [0.1, 0.15) is 12.4 Å². The smallest absolute Gasteiger partial charge is 0.416 e. The van der Waals surface area contributed by atoms with Crippen molar-refractivity contribution in [3.63, 3.8) is 0 Å². The number of carbonyl (C=O) groups excluding carboxylic acids is 1. The number of carboxylic acid groups (broad SMARTS) is 1.